The number of benzene rings is 8. The Morgan fingerprint density at radius 3 is 0.908 bits per heavy atom. The SMILES string of the molecule is Cc1cc(C)ncn1.Cc1ccc(-c2ccc(C)cc2)cc1.Cc1ccc(-c2cccc(C)c2)cc1.Cc1ccc(C)nn1.Cc1cccc(-c2cccc(C)c2)c1.Cc1ccccc1-c1ccccc1C.Cc1ccnc(C)n1.Cc1ccnnc1C.Cc1cnc(C)cn1.Cc1cnc(C)nc1.Cc1cncnc1C.Cc1cnncc1C. The second-order valence-electron chi connectivity index (χ2n) is 29.3. The van der Waals surface area contributed by atoms with Crippen molar-refractivity contribution in [2.24, 2.45) is 0 Å². The summed E-state index contributed by atoms with van der Waals surface area (Å²) in [5, 5.41) is 22.6. The predicted octanol–water partition coefficient (Wildman–Crippen LogP) is 24.6. The standard InChI is InChI=1S/4C14H14.8C6H8N2/c1-11-3-7-13(8-4-11)14-9-5-12(2)6-10-14;1-11-5-3-7-13(9-11)14-8-4-6-12(2)10-14;1-11-7-3-5-9-13(11)14-10-6-4-8-12(14)2;1-11-6-8-13(9-7-11)14-5-3-4-12(2)10-14;1-5-3-7-4-8-6(5)2;1-5-3-8-6(2)4-7-5;1-5-3-7-8-4-6(5)2;1-5-3-6(2)8-4-7-5;1-5-3-7-6(2)8-4-5;1-5-3-4-7-6(2)8-5;1-5-3-4-7-8-6(5)2;1-5-3-4-6(2)8-7-5/h4*3-10H,1-2H3;8*3-4H,1-2H3. The first-order valence-electron chi connectivity index (χ1n) is 39.9. The summed E-state index contributed by atoms with van der Waals surface area (Å²) >= 11 is 0. The van der Waals surface area contributed by atoms with E-state index in [9.17, 15) is 0 Å². The molecule has 16 heteroatoms. The first-order chi connectivity index (χ1) is 57.4. The molecule has 0 fully saturated rings. The molecule has 0 aliphatic carbocycles. The van der Waals surface area contributed by atoms with Crippen LogP contribution in [-0.2, 0) is 0 Å². The Bertz CT molecular complexity index is 5040. The van der Waals surface area contributed by atoms with Crippen molar-refractivity contribution >= 4 is 0 Å². The lowest BCUT2D eigenvalue weighted by molar-refractivity contribution is 0.941. The number of rotatable bonds is 4. The molecule has 0 atom stereocenters. The summed E-state index contributed by atoms with van der Waals surface area (Å²) in [6.07, 6.45) is 19.1. The van der Waals surface area contributed by atoms with Gasteiger partial charge in [0.1, 0.15) is 24.3 Å². The molecule has 0 radical (unpaired) electrons. The number of hydrogen-bond acceptors (Lipinski definition) is 16. The van der Waals surface area contributed by atoms with E-state index in [1.54, 1.807) is 49.8 Å². The summed E-state index contributed by atoms with van der Waals surface area (Å²) in [5.41, 5.74) is 35.8. The highest BCUT2D eigenvalue weighted by Gasteiger charge is 2.04. The molecule has 8 heterocycles. The Morgan fingerprint density at radius 1 is 0.192 bits per heavy atom. The molecule has 0 N–H and O–H groups in total. The van der Waals surface area contributed by atoms with E-state index in [0.29, 0.717) is 0 Å². The van der Waals surface area contributed by atoms with E-state index in [-0.39, 0.29) is 0 Å². The molecule has 0 aliphatic rings. The van der Waals surface area contributed by atoms with Gasteiger partial charge in [0, 0.05) is 66.2 Å². The lowest BCUT2D eigenvalue weighted by Gasteiger charge is -2.08. The van der Waals surface area contributed by atoms with Gasteiger partial charge >= 0.3 is 0 Å². The fourth-order valence-corrected chi connectivity index (χ4v) is 10.4. The summed E-state index contributed by atoms with van der Waals surface area (Å²) in [5.74, 6) is 1.67. The largest absolute Gasteiger partial charge is 0.258 e. The van der Waals surface area contributed by atoms with Crippen molar-refractivity contribution in [2.45, 2.75) is 166 Å². The maximum atomic E-state index is 4.06. The lowest BCUT2D eigenvalue weighted by atomic mass is 9.97. The topological polar surface area (TPSA) is 206 Å². The van der Waals surface area contributed by atoms with Crippen LogP contribution in [0.5, 0.6) is 0 Å². The van der Waals surface area contributed by atoms with E-state index in [4.69, 9.17) is 0 Å². The van der Waals surface area contributed by atoms with Gasteiger partial charge in [-0.1, -0.05) is 228 Å². The van der Waals surface area contributed by atoms with Crippen LogP contribution in [0, 0.1) is 166 Å². The molecule has 8 aromatic carbocycles. The summed E-state index contributed by atoms with van der Waals surface area (Å²) < 4.78 is 0. The zero-order valence-electron chi connectivity index (χ0n) is 74.9. The van der Waals surface area contributed by atoms with Crippen LogP contribution in [0.1, 0.15) is 135 Å². The Kier molecular flexibility index (Phi) is 43.3. The Hall–Kier alpha value is -13.6. The van der Waals surface area contributed by atoms with Crippen molar-refractivity contribution in [1.29, 1.82) is 0 Å². The van der Waals surface area contributed by atoms with E-state index in [0.717, 1.165) is 74.0 Å². The molecule has 8 aromatic heterocycles. The van der Waals surface area contributed by atoms with Crippen LogP contribution in [0.4, 0.5) is 0 Å². The number of nitrogens with zero attached hydrogens (tertiary/aromatic N) is 16. The molecule has 0 amide bonds. The van der Waals surface area contributed by atoms with Crippen LogP contribution >= 0.6 is 0 Å². The van der Waals surface area contributed by atoms with Gasteiger partial charge in [-0.3, -0.25) is 9.97 Å². The smallest absolute Gasteiger partial charge is 0.125 e. The van der Waals surface area contributed by atoms with Crippen molar-refractivity contribution in [2.75, 3.05) is 0 Å². The quantitative estimate of drug-likeness (QED) is 0.161. The van der Waals surface area contributed by atoms with Gasteiger partial charge in [0.15, 0.2) is 0 Å². The highest BCUT2D eigenvalue weighted by molar-refractivity contribution is 5.70. The predicted molar refractivity (Wildman–Crippen MR) is 497 cm³/mol. The molecular weight excluding hydrogens is 1470 g/mol. The van der Waals surface area contributed by atoms with Crippen molar-refractivity contribution in [3.8, 4) is 44.5 Å². The first-order valence-corrected chi connectivity index (χ1v) is 39.9. The molecule has 16 nitrogen and oxygen atoms in total. The van der Waals surface area contributed by atoms with Crippen LogP contribution in [0.2, 0.25) is 0 Å². The third-order valence-electron chi connectivity index (χ3n) is 17.9. The normalized spacial score (nSPS) is 9.67. The number of aryl methyl sites for hydroxylation is 24. The van der Waals surface area contributed by atoms with Gasteiger partial charge < -0.3 is 0 Å². The zero-order chi connectivity index (χ0) is 87.7. The molecule has 0 unspecified atom stereocenters. The summed E-state index contributed by atoms with van der Waals surface area (Å²) in [7, 11) is 0. The molecule has 0 saturated carbocycles. The zero-order valence-corrected chi connectivity index (χ0v) is 74.9. The van der Waals surface area contributed by atoms with Gasteiger partial charge in [-0.2, -0.15) is 30.6 Å². The maximum absolute atomic E-state index is 4.06. The minimum absolute atomic E-state index is 0.829. The molecule has 0 aliphatic heterocycles. The number of hydrogen-bond donors (Lipinski definition) is 0. The van der Waals surface area contributed by atoms with Gasteiger partial charge in [-0.05, 0) is 280 Å². The van der Waals surface area contributed by atoms with Crippen molar-refractivity contribution in [1.82, 2.24) is 80.4 Å². The number of aromatic nitrogens is 16. The summed E-state index contributed by atoms with van der Waals surface area (Å²) in [6.45, 7) is 48.3. The van der Waals surface area contributed by atoms with Crippen LogP contribution in [0.15, 0.2) is 293 Å². The fraction of sp³-hybridized carbons (Fsp3) is 0.231. The van der Waals surface area contributed by atoms with E-state index in [1.165, 1.54) is 106 Å². The summed E-state index contributed by atoms with van der Waals surface area (Å²) in [4.78, 5) is 39.6. The molecular formula is C104H120N16. The van der Waals surface area contributed by atoms with Gasteiger partial charge in [0.2, 0.25) is 0 Å². The highest BCUT2D eigenvalue weighted by atomic mass is 15.1. The Balaban J connectivity index is 0.000000235. The molecule has 16 rings (SSSR count). The minimum Gasteiger partial charge on any atom is -0.258 e. The monoisotopic (exact) mass is 1590 g/mol. The highest BCUT2D eigenvalue weighted by Crippen LogP contribution is 2.27. The lowest BCUT2D eigenvalue weighted by Crippen LogP contribution is -1.86. The third-order valence-corrected chi connectivity index (χ3v) is 17.9. The molecule has 0 spiro atoms. The minimum atomic E-state index is 0.829. The molecule has 0 bridgehead atoms. The van der Waals surface area contributed by atoms with Gasteiger partial charge in [0.05, 0.1) is 40.9 Å². The van der Waals surface area contributed by atoms with Crippen LogP contribution < -0.4 is 0 Å². The maximum Gasteiger partial charge on any atom is 0.125 e. The average Bonchev–Trinajstić information content (AvgIpc) is 0.817. The van der Waals surface area contributed by atoms with E-state index < -0.39 is 0 Å². The molecule has 16 aromatic rings. The fourth-order valence-electron chi connectivity index (χ4n) is 10.4. The second kappa shape index (κ2) is 53.6. The van der Waals surface area contributed by atoms with Crippen molar-refractivity contribution < 1.29 is 0 Å². The first kappa shape index (κ1) is 97.0. The van der Waals surface area contributed by atoms with Crippen LogP contribution in [-0.4, -0.2) is 80.4 Å². The second-order valence-corrected chi connectivity index (χ2v) is 29.3. The van der Waals surface area contributed by atoms with Gasteiger partial charge in [-0.15, -0.1) is 0 Å². The molecule has 0 saturated heterocycles. The molecule has 120 heavy (non-hydrogen) atoms. The van der Waals surface area contributed by atoms with Gasteiger partial charge in [-0.25, -0.2) is 39.9 Å². The van der Waals surface area contributed by atoms with E-state index in [1.807, 2.05) is 160 Å². The van der Waals surface area contributed by atoms with Crippen molar-refractivity contribution in [3.63, 3.8) is 0 Å². The van der Waals surface area contributed by atoms with Crippen LogP contribution in [0.25, 0.3) is 44.5 Å². The van der Waals surface area contributed by atoms with Crippen LogP contribution in [0.3, 0.4) is 0 Å². The average molecular weight is 1590 g/mol. The third kappa shape index (κ3) is 39.8. The summed E-state index contributed by atoms with van der Waals surface area (Å²) in [6, 6.07) is 78.4. The molecule has 616 valence electrons. The Labute approximate surface area is 715 Å². The van der Waals surface area contributed by atoms with Crippen molar-refractivity contribution in [3.05, 3.63) is 428 Å². The Morgan fingerprint density at radius 2 is 0.608 bits per heavy atom. The van der Waals surface area contributed by atoms with E-state index >= 15 is 0 Å². The van der Waals surface area contributed by atoms with E-state index in [2.05, 4.69) is 330 Å². The van der Waals surface area contributed by atoms with Gasteiger partial charge in [0.25, 0.3) is 0 Å².